The van der Waals surface area contributed by atoms with Gasteiger partial charge < -0.3 is 16.2 Å². The molecule has 0 aliphatic heterocycles. The Balaban J connectivity index is 1.00. The van der Waals surface area contributed by atoms with E-state index in [1.807, 2.05) is 18.2 Å². The molecule has 3 unspecified atom stereocenters. The molecule has 0 saturated heterocycles. The van der Waals surface area contributed by atoms with E-state index in [4.69, 9.17) is 16.2 Å². The summed E-state index contributed by atoms with van der Waals surface area (Å²) in [6.07, 6.45) is 22.6. The highest BCUT2D eigenvalue weighted by molar-refractivity contribution is 5.54. The van der Waals surface area contributed by atoms with Crippen LogP contribution in [0.3, 0.4) is 0 Å². The molecule has 226 valence electrons. The summed E-state index contributed by atoms with van der Waals surface area (Å²) in [5.74, 6) is 6.63. The van der Waals surface area contributed by atoms with E-state index < -0.39 is 0 Å². The predicted molar refractivity (Wildman–Crippen MR) is 171 cm³/mol. The molecule has 9 atom stereocenters. The number of hydrogen-bond acceptors (Lipinski definition) is 3. The van der Waals surface area contributed by atoms with Crippen LogP contribution < -0.4 is 11.5 Å². The second-order valence-electron chi connectivity index (χ2n) is 15.7. The quantitative estimate of drug-likeness (QED) is 0.201. The van der Waals surface area contributed by atoms with Crippen molar-refractivity contribution in [1.82, 2.24) is 0 Å². The maximum absolute atomic E-state index is 6.07. The Labute approximate surface area is 247 Å². The number of unbranched alkanes of at least 4 members (excludes halogenated alkanes) is 1. The van der Waals surface area contributed by atoms with E-state index in [1.165, 1.54) is 76.2 Å². The Hall–Kier alpha value is -1.22. The molecular formula is C37H62N2O. The van der Waals surface area contributed by atoms with Crippen LogP contribution in [0.15, 0.2) is 18.2 Å². The molecule has 4 aliphatic rings. The van der Waals surface area contributed by atoms with Crippen molar-refractivity contribution in [2.24, 2.45) is 52.3 Å². The van der Waals surface area contributed by atoms with Gasteiger partial charge in [0.05, 0.1) is 0 Å². The largest absolute Gasteiger partial charge is 0.399 e. The zero-order valence-electron chi connectivity index (χ0n) is 26.6. The molecule has 5 rings (SSSR count). The number of hydrogen-bond donors (Lipinski definition) is 2. The van der Waals surface area contributed by atoms with Gasteiger partial charge in [0.2, 0.25) is 0 Å². The Kier molecular flexibility index (Phi) is 9.80. The topological polar surface area (TPSA) is 61.3 Å². The van der Waals surface area contributed by atoms with E-state index in [2.05, 4.69) is 27.7 Å². The molecule has 0 radical (unpaired) electrons. The van der Waals surface area contributed by atoms with Gasteiger partial charge in [0.15, 0.2) is 0 Å². The number of benzene rings is 1. The van der Waals surface area contributed by atoms with Crippen LogP contribution in [0.5, 0.6) is 0 Å². The maximum Gasteiger partial charge on any atom is 0.0491 e. The molecule has 0 heterocycles. The highest BCUT2D eigenvalue weighted by atomic mass is 16.5. The first-order valence-electron chi connectivity index (χ1n) is 17.4. The lowest BCUT2D eigenvalue weighted by molar-refractivity contribution is -0.114. The summed E-state index contributed by atoms with van der Waals surface area (Å²) < 4.78 is 6.07. The van der Waals surface area contributed by atoms with Gasteiger partial charge in [0, 0.05) is 24.6 Å². The minimum Gasteiger partial charge on any atom is -0.399 e. The molecule has 1 aromatic rings. The lowest BCUT2D eigenvalue weighted by atomic mass is 9.44. The SMILES string of the molecule is CC(CCCC(C)[C@H]1CC[C@H]2[C@@H]3CCC4CCCC[C@]4(C)[C@H]3CC[C@]12C)COCCCCc1cc(N)cc(N)c1. The zero-order chi connectivity index (χ0) is 28.3. The third-order valence-corrected chi connectivity index (χ3v) is 13.1. The fourth-order valence-electron chi connectivity index (χ4n) is 11.1. The molecule has 4 N–H and O–H groups in total. The lowest BCUT2D eigenvalue weighted by Gasteiger charge is -2.61. The fourth-order valence-corrected chi connectivity index (χ4v) is 11.1. The molecule has 4 saturated carbocycles. The van der Waals surface area contributed by atoms with E-state index >= 15 is 0 Å². The van der Waals surface area contributed by atoms with Crippen LogP contribution in [0.2, 0.25) is 0 Å². The molecule has 4 aliphatic carbocycles. The summed E-state index contributed by atoms with van der Waals surface area (Å²) in [6.45, 7) is 12.2. The van der Waals surface area contributed by atoms with Crippen LogP contribution in [0.1, 0.15) is 130 Å². The summed E-state index contributed by atoms with van der Waals surface area (Å²) in [5.41, 5.74) is 15.9. The molecular weight excluding hydrogens is 488 g/mol. The van der Waals surface area contributed by atoms with E-state index in [0.717, 1.165) is 79.4 Å². The second kappa shape index (κ2) is 13.0. The Bertz CT molecular complexity index is 941. The molecule has 0 aromatic heterocycles. The molecule has 40 heavy (non-hydrogen) atoms. The number of anilines is 2. The highest BCUT2D eigenvalue weighted by Crippen LogP contribution is 2.68. The fraction of sp³-hybridized carbons (Fsp3) is 0.838. The van der Waals surface area contributed by atoms with E-state index in [-0.39, 0.29) is 0 Å². The van der Waals surface area contributed by atoms with Gasteiger partial charge in [-0.1, -0.05) is 53.4 Å². The second-order valence-corrected chi connectivity index (χ2v) is 15.7. The first-order valence-corrected chi connectivity index (χ1v) is 17.4. The van der Waals surface area contributed by atoms with Crippen molar-refractivity contribution in [3.63, 3.8) is 0 Å². The normalized spacial score (nSPS) is 36.9. The molecule has 0 amide bonds. The van der Waals surface area contributed by atoms with Gasteiger partial charge in [-0.05, 0) is 153 Å². The molecule has 3 heteroatoms. The standard InChI is InChI=1S/C37H62N2O/c1-26(25-40-21-8-6-12-28-22-30(38)24-31(39)23-28)10-9-11-27(2)33-16-17-34-32-15-14-29-13-5-7-19-36(29,3)35(32)18-20-37(33,34)4/h22-24,26-27,29,32-35H,5-21,25,38-39H2,1-4H3/t26?,27?,29?,32-,33+,34-,35-,36-,37+/m0/s1. The number of nitrogen functional groups attached to an aromatic ring is 2. The number of ether oxygens (including phenoxy) is 1. The van der Waals surface area contributed by atoms with Crippen LogP contribution >= 0.6 is 0 Å². The van der Waals surface area contributed by atoms with Crippen LogP contribution in [-0.4, -0.2) is 13.2 Å². The zero-order valence-corrected chi connectivity index (χ0v) is 26.6. The van der Waals surface area contributed by atoms with Gasteiger partial charge >= 0.3 is 0 Å². The van der Waals surface area contributed by atoms with Gasteiger partial charge in [0.25, 0.3) is 0 Å². The van der Waals surface area contributed by atoms with Crippen molar-refractivity contribution in [3.8, 4) is 0 Å². The van der Waals surface area contributed by atoms with Gasteiger partial charge in [-0.15, -0.1) is 0 Å². The third kappa shape index (κ3) is 6.40. The number of nitrogens with two attached hydrogens (primary N) is 2. The summed E-state index contributed by atoms with van der Waals surface area (Å²) in [5, 5.41) is 0. The Morgan fingerprint density at radius 1 is 0.800 bits per heavy atom. The molecule has 0 spiro atoms. The average Bonchev–Trinajstić information content (AvgIpc) is 3.27. The van der Waals surface area contributed by atoms with Crippen molar-refractivity contribution in [3.05, 3.63) is 23.8 Å². The van der Waals surface area contributed by atoms with Gasteiger partial charge in [-0.3, -0.25) is 0 Å². The Morgan fingerprint density at radius 2 is 1.57 bits per heavy atom. The van der Waals surface area contributed by atoms with Crippen molar-refractivity contribution in [2.45, 2.75) is 130 Å². The predicted octanol–water partition coefficient (Wildman–Crippen LogP) is 9.68. The van der Waals surface area contributed by atoms with Crippen LogP contribution in [0.25, 0.3) is 0 Å². The highest BCUT2D eigenvalue weighted by Gasteiger charge is 2.60. The average molecular weight is 551 g/mol. The van der Waals surface area contributed by atoms with Gasteiger partial charge in [0.1, 0.15) is 0 Å². The lowest BCUT2D eigenvalue weighted by Crippen LogP contribution is -2.53. The monoisotopic (exact) mass is 550 g/mol. The van der Waals surface area contributed by atoms with Crippen LogP contribution in [0.4, 0.5) is 11.4 Å². The number of aryl methyl sites for hydroxylation is 1. The van der Waals surface area contributed by atoms with Crippen molar-refractivity contribution >= 4 is 11.4 Å². The smallest absolute Gasteiger partial charge is 0.0491 e. The summed E-state index contributed by atoms with van der Waals surface area (Å²) in [4.78, 5) is 0. The van der Waals surface area contributed by atoms with E-state index in [9.17, 15) is 0 Å². The van der Waals surface area contributed by atoms with Gasteiger partial charge in [-0.25, -0.2) is 0 Å². The number of rotatable bonds is 12. The van der Waals surface area contributed by atoms with Crippen molar-refractivity contribution in [1.29, 1.82) is 0 Å². The molecule has 3 nitrogen and oxygen atoms in total. The summed E-state index contributed by atoms with van der Waals surface area (Å²) in [6, 6.07) is 5.91. The third-order valence-electron chi connectivity index (χ3n) is 13.1. The van der Waals surface area contributed by atoms with Crippen molar-refractivity contribution < 1.29 is 4.74 Å². The Morgan fingerprint density at radius 3 is 2.38 bits per heavy atom. The number of fused-ring (bicyclic) bond motifs is 5. The van der Waals surface area contributed by atoms with Crippen molar-refractivity contribution in [2.75, 3.05) is 24.7 Å². The minimum atomic E-state index is 0.615. The van der Waals surface area contributed by atoms with E-state index in [1.54, 1.807) is 12.8 Å². The first kappa shape index (κ1) is 30.2. The summed E-state index contributed by atoms with van der Waals surface area (Å²) >= 11 is 0. The first-order chi connectivity index (χ1) is 19.2. The minimum absolute atomic E-state index is 0.615. The summed E-state index contributed by atoms with van der Waals surface area (Å²) in [7, 11) is 0. The molecule has 0 bridgehead atoms. The van der Waals surface area contributed by atoms with Gasteiger partial charge in [-0.2, -0.15) is 0 Å². The maximum atomic E-state index is 6.07. The molecule has 1 aromatic carbocycles. The van der Waals surface area contributed by atoms with E-state index in [0.29, 0.717) is 16.7 Å². The van der Waals surface area contributed by atoms with Crippen LogP contribution in [0, 0.1) is 52.3 Å². The molecule has 4 fully saturated rings. The van der Waals surface area contributed by atoms with Crippen LogP contribution in [-0.2, 0) is 11.2 Å².